The minimum Gasteiger partial charge on any atom is -1.00 e. The van der Waals surface area contributed by atoms with Crippen LogP contribution in [0.2, 0.25) is 0 Å². The maximum absolute atomic E-state index is 2.33. The third-order valence-corrected chi connectivity index (χ3v) is 2.88. The van der Waals surface area contributed by atoms with E-state index in [0.29, 0.717) is 0 Å². The van der Waals surface area contributed by atoms with Gasteiger partial charge >= 0.3 is 0 Å². The first-order valence-corrected chi connectivity index (χ1v) is 5.83. The Balaban J connectivity index is 0. The molecular formula is C12H28IN. The Morgan fingerprint density at radius 3 is 1.43 bits per heavy atom. The fraction of sp³-hybridized carbons (Fsp3) is 1.00. The lowest BCUT2D eigenvalue weighted by molar-refractivity contribution is -0.896. The summed E-state index contributed by atoms with van der Waals surface area (Å²) in [6.07, 6.45) is 8.26. The van der Waals surface area contributed by atoms with Gasteiger partial charge in [-0.05, 0) is 25.7 Å². The Labute approximate surface area is 108 Å². The summed E-state index contributed by atoms with van der Waals surface area (Å²) in [5.74, 6) is 0. The van der Waals surface area contributed by atoms with Crippen molar-refractivity contribution in [1.82, 2.24) is 0 Å². The number of halogens is 1. The maximum Gasteiger partial charge on any atom is 0.0884 e. The van der Waals surface area contributed by atoms with Crippen LogP contribution in [0.5, 0.6) is 0 Å². The molecule has 0 unspecified atom stereocenters. The average Bonchev–Trinajstić information content (AvgIpc) is 2.02. The van der Waals surface area contributed by atoms with E-state index in [2.05, 4.69) is 35.0 Å². The number of hydrogen-bond acceptors (Lipinski definition) is 0. The van der Waals surface area contributed by atoms with Crippen LogP contribution < -0.4 is 24.0 Å². The zero-order chi connectivity index (χ0) is 10.3. The van der Waals surface area contributed by atoms with Gasteiger partial charge in [-0.1, -0.05) is 26.7 Å². The summed E-state index contributed by atoms with van der Waals surface area (Å²) in [5.41, 5.74) is 0. The molecule has 0 atom stereocenters. The van der Waals surface area contributed by atoms with E-state index in [4.69, 9.17) is 0 Å². The molecule has 0 aromatic rings. The van der Waals surface area contributed by atoms with Crippen LogP contribution in [-0.4, -0.2) is 31.7 Å². The zero-order valence-corrected chi connectivity index (χ0v) is 12.8. The second kappa shape index (κ2) is 8.96. The molecule has 0 saturated carbocycles. The Morgan fingerprint density at radius 2 is 1.21 bits per heavy atom. The molecule has 0 rings (SSSR count). The average molecular weight is 313 g/mol. The maximum atomic E-state index is 2.33. The smallest absolute Gasteiger partial charge is 0.0884 e. The second-order valence-electron chi connectivity index (χ2n) is 5.05. The monoisotopic (exact) mass is 313 g/mol. The molecule has 0 fully saturated rings. The predicted molar refractivity (Wildman–Crippen MR) is 60.9 cm³/mol. The van der Waals surface area contributed by atoms with E-state index in [1.54, 1.807) is 0 Å². The van der Waals surface area contributed by atoms with Gasteiger partial charge in [0.15, 0.2) is 0 Å². The van der Waals surface area contributed by atoms with E-state index >= 15 is 0 Å². The van der Waals surface area contributed by atoms with Gasteiger partial charge in [-0.2, -0.15) is 0 Å². The van der Waals surface area contributed by atoms with Crippen LogP contribution in [0.3, 0.4) is 0 Å². The van der Waals surface area contributed by atoms with E-state index in [-0.39, 0.29) is 24.0 Å². The van der Waals surface area contributed by atoms with E-state index in [0.717, 1.165) is 10.5 Å². The Kier molecular flexibility index (Phi) is 10.9. The molecule has 0 spiro atoms. The summed E-state index contributed by atoms with van der Waals surface area (Å²) in [5, 5.41) is 0. The highest BCUT2D eigenvalue weighted by Crippen LogP contribution is 2.17. The quantitative estimate of drug-likeness (QED) is 0.473. The van der Waals surface area contributed by atoms with Gasteiger partial charge in [0.2, 0.25) is 0 Å². The second-order valence-corrected chi connectivity index (χ2v) is 5.05. The van der Waals surface area contributed by atoms with Crippen molar-refractivity contribution < 1.29 is 28.5 Å². The van der Waals surface area contributed by atoms with Gasteiger partial charge in [-0.15, -0.1) is 0 Å². The molecule has 0 heterocycles. The van der Waals surface area contributed by atoms with Crippen molar-refractivity contribution >= 4 is 0 Å². The van der Waals surface area contributed by atoms with Crippen molar-refractivity contribution in [3.63, 3.8) is 0 Å². The van der Waals surface area contributed by atoms with Crippen LogP contribution in [0, 0.1) is 0 Å². The van der Waals surface area contributed by atoms with Crippen molar-refractivity contribution in [2.75, 3.05) is 21.1 Å². The highest BCUT2D eigenvalue weighted by Gasteiger charge is 2.21. The molecular weight excluding hydrogens is 285 g/mol. The van der Waals surface area contributed by atoms with E-state index in [1.807, 2.05) is 0 Å². The van der Waals surface area contributed by atoms with Gasteiger partial charge in [-0.3, -0.25) is 0 Å². The normalized spacial score (nSPS) is 11.6. The fourth-order valence-electron chi connectivity index (χ4n) is 1.80. The first-order chi connectivity index (χ1) is 6.02. The molecule has 0 saturated heterocycles. The lowest BCUT2D eigenvalue weighted by Crippen LogP contribution is -3.00. The van der Waals surface area contributed by atoms with Crippen LogP contribution in [-0.2, 0) is 0 Å². The molecule has 0 aromatic heterocycles. The molecule has 2 heteroatoms. The molecule has 0 aliphatic heterocycles. The third kappa shape index (κ3) is 8.04. The Morgan fingerprint density at radius 1 is 0.857 bits per heavy atom. The van der Waals surface area contributed by atoms with Crippen LogP contribution in [0.15, 0.2) is 0 Å². The van der Waals surface area contributed by atoms with Crippen molar-refractivity contribution in [1.29, 1.82) is 0 Å². The van der Waals surface area contributed by atoms with Crippen molar-refractivity contribution in [3.05, 3.63) is 0 Å². The van der Waals surface area contributed by atoms with Gasteiger partial charge < -0.3 is 28.5 Å². The van der Waals surface area contributed by atoms with Crippen molar-refractivity contribution in [2.45, 2.75) is 58.4 Å². The van der Waals surface area contributed by atoms with E-state index in [1.165, 1.54) is 38.5 Å². The van der Waals surface area contributed by atoms with E-state index < -0.39 is 0 Å². The molecule has 0 aliphatic rings. The number of unbranched alkanes of at least 4 members (excludes halogenated alkanes) is 2. The molecule has 0 N–H and O–H groups in total. The predicted octanol–water partition coefficient (Wildman–Crippen LogP) is 0.446. The molecule has 0 bridgehead atoms. The molecule has 0 aromatic carbocycles. The summed E-state index contributed by atoms with van der Waals surface area (Å²) in [6, 6.07) is 0.875. The van der Waals surface area contributed by atoms with Crippen LogP contribution >= 0.6 is 0 Å². The van der Waals surface area contributed by atoms with Crippen LogP contribution in [0.25, 0.3) is 0 Å². The van der Waals surface area contributed by atoms with Gasteiger partial charge in [0.05, 0.1) is 27.2 Å². The summed E-state index contributed by atoms with van der Waals surface area (Å²) < 4.78 is 1.14. The molecule has 0 radical (unpaired) electrons. The van der Waals surface area contributed by atoms with Crippen molar-refractivity contribution in [2.24, 2.45) is 0 Å². The van der Waals surface area contributed by atoms with Gasteiger partial charge in [0, 0.05) is 0 Å². The fourth-order valence-corrected chi connectivity index (χ4v) is 1.80. The Hall–Kier alpha value is 0.690. The van der Waals surface area contributed by atoms with Gasteiger partial charge in [-0.25, -0.2) is 0 Å². The largest absolute Gasteiger partial charge is 1.00 e. The molecule has 14 heavy (non-hydrogen) atoms. The number of hydrogen-bond donors (Lipinski definition) is 0. The highest BCUT2D eigenvalue weighted by molar-refractivity contribution is 4.58. The third-order valence-electron chi connectivity index (χ3n) is 2.88. The SMILES string of the molecule is CCCCC(CCCC)[N+](C)(C)C.[I-]. The minimum atomic E-state index is 0. The van der Waals surface area contributed by atoms with Crippen LogP contribution in [0.1, 0.15) is 52.4 Å². The lowest BCUT2D eigenvalue weighted by Gasteiger charge is -2.34. The van der Waals surface area contributed by atoms with Crippen molar-refractivity contribution in [3.8, 4) is 0 Å². The summed E-state index contributed by atoms with van der Waals surface area (Å²) in [7, 11) is 6.99. The first kappa shape index (κ1) is 17.1. The standard InChI is InChI=1S/C12H28N.HI/c1-6-8-10-12(11-9-7-2)13(3,4)5;/h12H,6-11H2,1-5H3;1H/q+1;/p-1. The summed E-state index contributed by atoms with van der Waals surface area (Å²) in [4.78, 5) is 0. The highest BCUT2D eigenvalue weighted by atomic mass is 127. The Bertz CT molecular complexity index is 110. The van der Waals surface area contributed by atoms with Crippen LogP contribution in [0.4, 0.5) is 0 Å². The number of nitrogens with zero attached hydrogens (tertiary/aromatic N) is 1. The molecule has 0 aliphatic carbocycles. The van der Waals surface area contributed by atoms with Gasteiger partial charge in [0.25, 0.3) is 0 Å². The lowest BCUT2D eigenvalue weighted by atomic mass is 10.0. The summed E-state index contributed by atoms with van der Waals surface area (Å²) in [6.45, 7) is 4.57. The summed E-state index contributed by atoms with van der Waals surface area (Å²) >= 11 is 0. The molecule has 88 valence electrons. The molecule has 1 nitrogen and oxygen atoms in total. The zero-order valence-electron chi connectivity index (χ0n) is 10.6. The number of quaternary nitrogens is 1. The van der Waals surface area contributed by atoms with Gasteiger partial charge in [0.1, 0.15) is 0 Å². The minimum absolute atomic E-state index is 0. The molecule has 0 amide bonds. The van der Waals surface area contributed by atoms with E-state index in [9.17, 15) is 0 Å². The number of rotatable bonds is 7. The topological polar surface area (TPSA) is 0 Å². The first-order valence-electron chi connectivity index (χ1n) is 5.83.